The summed E-state index contributed by atoms with van der Waals surface area (Å²) in [5.41, 5.74) is 0.456. The van der Waals surface area contributed by atoms with Gasteiger partial charge in [0.1, 0.15) is 5.69 Å². The summed E-state index contributed by atoms with van der Waals surface area (Å²) in [6.07, 6.45) is -0.154. The highest BCUT2D eigenvalue weighted by atomic mass is 32.1. The quantitative estimate of drug-likeness (QED) is 0.327. The molecule has 1 amide bonds. The van der Waals surface area contributed by atoms with E-state index in [4.69, 9.17) is 4.74 Å². The Bertz CT molecular complexity index is 832. The van der Waals surface area contributed by atoms with E-state index < -0.39 is 23.4 Å². The van der Waals surface area contributed by atoms with Gasteiger partial charge in [-0.1, -0.05) is 12.1 Å². The van der Waals surface area contributed by atoms with Gasteiger partial charge >= 0.3 is 5.97 Å². The number of aryl methyl sites for hydroxylation is 1. The molecule has 0 aliphatic heterocycles. The van der Waals surface area contributed by atoms with Crippen LogP contribution in [0, 0.1) is 17.0 Å². The molecule has 0 aliphatic rings. The van der Waals surface area contributed by atoms with E-state index in [-0.39, 0.29) is 30.0 Å². The molecule has 136 valence electrons. The number of esters is 1. The molecule has 9 heteroatoms. The topological polar surface area (TPSA) is 116 Å². The minimum absolute atomic E-state index is 0.00952. The number of amides is 1. The first-order chi connectivity index (χ1) is 12.4. The van der Waals surface area contributed by atoms with Gasteiger partial charge in [0.05, 0.1) is 16.2 Å². The van der Waals surface area contributed by atoms with Gasteiger partial charge in [-0.3, -0.25) is 24.5 Å². The van der Waals surface area contributed by atoms with Gasteiger partial charge in [-0.05, 0) is 30.0 Å². The molecule has 1 N–H and O–H groups in total. The number of Topliss-reactive ketones (excluding diaryl/α,β-unsaturated/α-hetero) is 1. The molecule has 1 aromatic heterocycles. The molecule has 0 aliphatic carbocycles. The molecule has 0 radical (unpaired) electrons. The molecule has 0 atom stereocenters. The number of carbonyl (C=O) groups excluding carboxylic acids is 3. The Kier molecular flexibility index (Phi) is 6.56. The van der Waals surface area contributed by atoms with Gasteiger partial charge in [0, 0.05) is 12.5 Å². The lowest BCUT2D eigenvalue weighted by atomic mass is 10.2. The van der Waals surface area contributed by atoms with E-state index in [1.54, 1.807) is 30.5 Å². The van der Waals surface area contributed by atoms with Crippen LogP contribution in [-0.4, -0.2) is 29.2 Å². The van der Waals surface area contributed by atoms with Gasteiger partial charge in [-0.2, -0.15) is 0 Å². The van der Waals surface area contributed by atoms with E-state index in [0.29, 0.717) is 10.4 Å². The first kappa shape index (κ1) is 19.3. The molecule has 0 spiro atoms. The van der Waals surface area contributed by atoms with Crippen LogP contribution in [-0.2, 0) is 14.3 Å². The van der Waals surface area contributed by atoms with Gasteiger partial charge in [-0.15, -0.1) is 11.3 Å². The Hall–Kier alpha value is -3.07. The minimum atomic E-state index is -0.699. The highest BCUT2D eigenvalue weighted by Crippen LogP contribution is 2.25. The smallest absolute Gasteiger partial charge is 0.306 e. The summed E-state index contributed by atoms with van der Waals surface area (Å²) in [5.74, 6) is -1.56. The molecule has 2 aromatic rings. The van der Waals surface area contributed by atoms with Crippen molar-refractivity contribution < 1.29 is 24.0 Å². The maximum Gasteiger partial charge on any atom is 0.306 e. The first-order valence-electron chi connectivity index (χ1n) is 7.64. The largest absolute Gasteiger partial charge is 0.456 e. The van der Waals surface area contributed by atoms with Crippen molar-refractivity contribution in [3.8, 4) is 0 Å². The third-order valence-electron chi connectivity index (χ3n) is 3.34. The van der Waals surface area contributed by atoms with E-state index in [0.717, 1.165) is 0 Å². The van der Waals surface area contributed by atoms with Crippen LogP contribution in [0.2, 0.25) is 0 Å². The van der Waals surface area contributed by atoms with Gasteiger partial charge in [0.15, 0.2) is 12.4 Å². The molecule has 1 aromatic carbocycles. The van der Waals surface area contributed by atoms with E-state index in [1.165, 1.54) is 23.5 Å². The van der Waals surface area contributed by atoms with Crippen molar-refractivity contribution in [2.75, 3.05) is 11.9 Å². The second kappa shape index (κ2) is 8.86. The Labute approximate surface area is 152 Å². The summed E-state index contributed by atoms with van der Waals surface area (Å²) < 4.78 is 4.80. The summed E-state index contributed by atoms with van der Waals surface area (Å²) in [5, 5.41) is 15.1. The number of thiophene rings is 1. The fourth-order valence-electron chi connectivity index (χ4n) is 2.08. The van der Waals surface area contributed by atoms with E-state index in [1.807, 2.05) is 0 Å². The van der Waals surface area contributed by atoms with Gasteiger partial charge in [0.2, 0.25) is 0 Å². The monoisotopic (exact) mass is 376 g/mol. The van der Waals surface area contributed by atoms with Crippen molar-refractivity contribution in [1.82, 2.24) is 0 Å². The van der Waals surface area contributed by atoms with Crippen molar-refractivity contribution in [1.29, 1.82) is 0 Å². The number of anilines is 1. The average molecular weight is 376 g/mol. The lowest BCUT2D eigenvalue weighted by Crippen LogP contribution is -2.21. The zero-order valence-electron chi connectivity index (χ0n) is 13.9. The number of nitro groups is 1. The number of benzene rings is 1. The van der Waals surface area contributed by atoms with Crippen molar-refractivity contribution in [2.24, 2.45) is 0 Å². The zero-order valence-corrected chi connectivity index (χ0v) is 14.7. The molecule has 1 heterocycles. The highest BCUT2D eigenvalue weighted by Gasteiger charge is 2.17. The molecule has 0 saturated heterocycles. The maximum atomic E-state index is 11.8. The molecular weight excluding hydrogens is 360 g/mol. The van der Waals surface area contributed by atoms with Gasteiger partial charge in [-0.25, -0.2) is 0 Å². The third-order valence-corrected chi connectivity index (χ3v) is 4.25. The Morgan fingerprint density at radius 2 is 2.00 bits per heavy atom. The fraction of sp³-hybridized carbons (Fsp3) is 0.235. The van der Waals surface area contributed by atoms with Crippen molar-refractivity contribution >= 4 is 40.4 Å². The molecule has 0 bridgehead atoms. The standard InChI is InChI=1S/C17H16N2O6S/c1-11-4-5-12(13(9-11)19(23)24)18-16(21)10-25-17(22)7-6-14(20)15-3-2-8-26-15/h2-5,8-9H,6-7,10H2,1H3,(H,18,21). The summed E-state index contributed by atoms with van der Waals surface area (Å²) in [4.78, 5) is 46.2. The molecule has 8 nitrogen and oxygen atoms in total. The summed E-state index contributed by atoms with van der Waals surface area (Å²) in [6.45, 7) is 1.11. The van der Waals surface area contributed by atoms with E-state index in [9.17, 15) is 24.5 Å². The predicted molar refractivity (Wildman–Crippen MR) is 95.3 cm³/mol. The molecular formula is C17H16N2O6S. The number of hydrogen-bond donors (Lipinski definition) is 1. The molecule has 26 heavy (non-hydrogen) atoms. The highest BCUT2D eigenvalue weighted by molar-refractivity contribution is 7.12. The fourth-order valence-corrected chi connectivity index (χ4v) is 2.77. The minimum Gasteiger partial charge on any atom is -0.456 e. The number of carbonyl (C=O) groups is 3. The van der Waals surface area contributed by atoms with Crippen LogP contribution in [0.3, 0.4) is 0 Å². The SMILES string of the molecule is Cc1ccc(NC(=O)COC(=O)CCC(=O)c2cccs2)c([N+](=O)[O-])c1. The van der Waals surface area contributed by atoms with Crippen LogP contribution in [0.1, 0.15) is 28.1 Å². The molecule has 0 fully saturated rings. The second-order valence-corrected chi connectivity index (χ2v) is 6.33. The van der Waals surface area contributed by atoms with Crippen LogP contribution in [0.5, 0.6) is 0 Å². The summed E-state index contributed by atoms with van der Waals surface area (Å²) in [6, 6.07) is 7.76. The van der Waals surface area contributed by atoms with E-state index in [2.05, 4.69) is 5.32 Å². The predicted octanol–water partition coefficient (Wildman–Crippen LogP) is 3.11. The summed E-state index contributed by atoms with van der Waals surface area (Å²) >= 11 is 1.29. The molecule has 0 unspecified atom stereocenters. The van der Waals surface area contributed by atoms with Crippen LogP contribution in [0.15, 0.2) is 35.7 Å². The number of rotatable bonds is 8. The zero-order chi connectivity index (χ0) is 19.1. The van der Waals surface area contributed by atoms with Crippen molar-refractivity contribution in [3.63, 3.8) is 0 Å². The molecule has 0 saturated carbocycles. The first-order valence-corrected chi connectivity index (χ1v) is 8.52. The Balaban J connectivity index is 1.80. The van der Waals surface area contributed by atoms with Gasteiger partial charge < -0.3 is 10.1 Å². The maximum absolute atomic E-state index is 11.8. The Morgan fingerprint density at radius 1 is 1.23 bits per heavy atom. The number of hydrogen-bond acceptors (Lipinski definition) is 7. The van der Waals surface area contributed by atoms with Crippen LogP contribution in [0.25, 0.3) is 0 Å². The number of ether oxygens (including phenoxy) is 1. The third kappa shape index (κ3) is 5.49. The average Bonchev–Trinajstić information content (AvgIpc) is 3.14. The lowest BCUT2D eigenvalue weighted by Gasteiger charge is -2.07. The molecule has 2 rings (SSSR count). The van der Waals surface area contributed by atoms with Gasteiger partial charge in [0.25, 0.3) is 11.6 Å². The Morgan fingerprint density at radius 3 is 2.65 bits per heavy atom. The lowest BCUT2D eigenvalue weighted by molar-refractivity contribution is -0.384. The van der Waals surface area contributed by atoms with Crippen LogP contribution >= 0.6 is 11.3 Å². The number of ketones is 1. The normalized spacial score (nSPS) is 10.2. The number of nitrogens with one attached hydrogen (secondary N) is 1. The van der Waals surface area contributed by atoms with E-state index >= 15 is 0 Å². The number of nitrogens with zero attached hydrogens (tertiary/aromatic N) is 1. The van der Waals surface area contributed by atoms with Crippen molar-refractivity contribution in [3.05, 3.63) is 56.3 Å². The van der Waals surface area contributed by atoms with Crippen molar-refractivity contribution in [2.45, 2.75) is 19.8 Å². The van der Waals surface area contributed by atoms with Crippen LogP contribution in [0.4, 0.5) is 11.4 Å². The number of nitro benzene ring substituents is 1. The van der Waals surface area contributed by atoms with Crippen LogP contribution < -0.4 is 5.32 Å². The summed E-state index contributed by atoms with van der Waals surface area (Å²) in [7, 11) is 0. The second-order valence-electron chi connectivity index (χ2n) is 5.39.